The largest absolute Gasteiger partial charge is 0.494 e. The van der Waals surface area contributed by atoms with Crippen LogP contribution in [-0.2, 0) is 0 Å². The summed E-state index contributed by atoms with van der Waals surface area (Å²) in [7, 11) is 0. The Kier molecular flexibility index (Phi) is 7.46. The van der Waals surface area contributed by atoms with Crippen LogP contribution in [0.4, 0.5) is 0 Å². The van der Waals surface area contributed by atoms with Gasteiger partial charge in [0, 0.05) is 0 Å². The molecule has 2 heterocycles. The minimum Gasteiger partial charge on any atom is -0.494 e. The molecule has 0 radical (unpaired) electrons. The smallest absolute Gasteiger partial charge is 0.291 e. The second kappa shape index (κ2) is 10.9. The first kappa shape index (κ1) is 22.0. The van der Waals surface area contributed by atoms with Crippen molar-refractivity contribution in [2.45, 2.75) is 39.0 Å². The molecule has 5 nitrogen and oxygen atoms in total. The lowest BCUT2D eigenvalue weighted by atomic mass is 10.2. The summed E-state index contributed by atoms with van der Waals surface area (Å²) in [5, 5.41) is 4.34. The van der Waals surface area contributed by atoms with E-state index in [0.29, 0.717) is 15.3 Å². The van der Waals surface area contributed by atoms with E-state index < -0.39 is 0 Å². The normalized spacial score (nSPS) is 12.2. The van der Waals surface area contributed by atoms with Gasteiger partial charge in [-0.15, -0.1) is 5.10 Å². The average Bonchev–Trinajstić information content (AvgIpc) is 3.35. The highest BCUT2D eigenvalue weighted by Crippen LogP contribution is 2.14. The Labute approximate surface area is 191 Å². The molecular formula is C26H27N3O2S. The van der Waals surface area contributed by atoms with Crippen molar-refractivity contribution in [2.75, 3.05) is 6.61 Å². The monoisotopic (exact) mass is 445 g/mol. The summed E-state index contributed by atoms with van der Waals surface area (Å²) >= 11 is 1.34. The number of aromatic nitrogens is 3. The van der Waals surface area contributed by atoms with Gasteiger partial charge in [0.15, 0.2) is 5.82 Å². The Hall–Kier alpha value is -3.25. The van der Waals surface area contributed by atoms with E-state index in [2.05, 4.69) is 17.0 Å². The zero-order chi connectivity index (χ0) is 22.2. The second-order valence-electron chi connectivity index (χ2n) is 7.66. The van der Waals surface area contributed by atoms with Gasteiger partial charge >= 0.3 is 0 Å². The fourth-order valence-corrected chi connectivity index (χ4v) is 4.28. The van der Waals surface area contributed by atoms with Crippen molar-refractivity contribution < 1.29 is 4.74 Å². The van der Waals surface area contributed by atoms with E-state index in [1.807, 2.05) is 72.8 Å². The molecule has 0 bridgehead atoms. The number of hydrogen-bond donors (Lipinski definition) is 0. The van der Waals surface area contributed by atoms with Crippen molar-refractivity contribution in [1.82, 2.24) is 14.6 Å². The average molecular weight is 446 g/mol. The van der Waals surface area contributed by atoms with Gasteiger partial charge in [-0.1, -0.05) is 92.5 Å². The Balaban J connectivity index is 1.41. The van der Waals surface area contributed by atoms with E-state index >= 15 is 0 Å². The summed E-state index contributed by atoms with van der Waals surface area (Å²) in [6.45, 7) is 2.96. The van der Waals surface area contributed by atoms with Gasteiger partial charge in [-0.25, -0.2) is 0 Å². The lowest BCUT2D eigenvalue weighted by Gasteiger charge is -2.06. The van der Waals surface area contributed by atoms with Crippen molar-refractivity contribution in [3.05, 3.63) is 86.4 Å². The van der Waals surface area contributed by atoms with E-state index in [0.717, 1.165) is 29.9 Å². The number of hydrogen-bond acceptors (Lipinski definition) is 5. The molecule has 2 aromatic heterocycles. The Morgan fingerprint density at radius 2 is 1.72 bits per heavy atom. The van der Waals surface area contributed by atoms with E-state index in [-0.39, 0.29) is 5.56 Å². The molecule has 0 aliphatic heterocycles. The van der Waals surface area contributed by atoms with Crippen LogP contribution in [0.3, 0.4) is 0 Å². The van der Waals surface area contributed by atoms with Gasteiger partial charge in [-0.2, -0.15) is 9.50 Å². The number of benzene rings is 2. The van der Waals surface area contributed by atoms with Crippen molar-refractivity contribution in [2.24, 2.45) is 0 Å². The van der Waals surface area contributed by atoms with Crippen molar-refractivity contribution in [1.29, 1.82) is 0 Å². The van der Waals surface area contributed by atoms with Crippen molar-refractivity contribution in [3.63, 3.8) is 0 Å². The van der Waals surface area contributed by atoms with Gasteiger partial charge in [0.25, 0.3) is 5.56 Å². The molecule has 0 aliphatic rings. The first-order chi connectivity index (χ1) is 15.7. The number of nitrogens with zero attached hydrogens (tertiary/aromatic N) is 3. The molecule has 0 saturated carbocycles. The summed E-state index contributed by atoms with van der Waals surface area (Å²) in [5.74, 6) is 1.39. The second-order valence-corrected chi connectivity index (χ2v) is 8.67. The van der Waals surface area contributed by atoms with Gasteiger partial charge < -0.3 is 4.74 Å². The molecule has 4 rings (SSSR count). The standard InChI is InChI=1S/C26H27N3O2S/c1-2-3-4-5-9-18-31-22-15-12-21(13-16-22)19-23-25(30)29-26(32-23)27-24(28-29)17-14-20-10-7-6-8-11-20/h6-8,10-17,19H,2-5,9,18H2,1H3/b17-14+,23-19-. The predicted molar refractivity (Wildman–Crippen MR) is 132 cm³/mol. The molecule has 0 fully saturated rings. The minimum atomic E-state index is -0.149. The van der Waals surface area contributed by atoms with E-state index in [1.54, 1.807) is 0 Å². The fourth-order valence-electron chi connectivity index (χ4n) is 3.36. The zero-order valence-corrected chi connectivity index (χ0v) is 19.1. The number of ether oxygens (including phenoxy) is 1. The Bertz CT molecular complexity index is 1270. The van der Waals surface area contributed by atoms with Crippen molar-refractivity contribution in [3.8, 4) is 5.75 Å². The van der Waals surface area contributed by atoms with Crippen LogP contribution in [0.15, 0.2) is 59.4 Å². The highest BCUT2D eigenvalue weighted by atomic mass is 32.1. The Morgan fingerprint density at radius 1 is 0.938 bits per heavy atom. The lowest BCUT2D eigenvalue weighted by molar-refractivity contribution is 0.304. The molecule has 0 aliphatic carbocycles. The molecule has 0 amide bonds. The third-order valence-corrected chi connectivity index (χ3v) is 6.08. The molecule has 0 saturated heterocycles. The van der Waals surface area contributed by atoms with Crippen LogP contribution in [0.1, 0.15) is 56.0 Å². The maximum atomic E-state index is 12.7. The van der Waals surface area contributed by atoms with E-state index in [4.69, 9.17) is 4.74 Å². The third-order valence-electron chi connectivity index (χ3n) is 5.12. The molecule has 4 aromatic rings. The highest BCUT2D eigenvalue weighted by molar-refractivity contribution is 7.15. The summed E-state index contributed by atoms with van der Waals surface area (Å²) in [4.78, 5) is 17.8. The van der Waals surface area contributed by atoms with Crippen LogP contribution in [0.5, 0.6) is 5.75 Å². The topological polar surface area (TPSA) is 56.5 Å². The SMILES string of the molecule is CCCCCCCOc1ccc(/C=c2\sc3nc(/C=C/c4ccccc4)nn3c2=O)cc1. The van der Waals surface area contributed by atoms with Crippen LogP contribution in [0.2, 0.25) is 0 Å². The quantitative estimate of drug-likeness (QED) is 0.314. The number of unbranched alkanes of at least 4 members (excludes halogenated alkanes) is 4. The summed E-state index contributed by atoms with van der Waals surface area (Å²) in [6.07, 6.45) is 11.7. The molecular weight excluding hydrogens is 418 g/mol. The fraction of sp³-hybridized carbons (Fsp3) is 0.269. The van der Waals surface area contributed by atoms with Gasteiger partial charge in [-0.05, 0) is 41.8 Å². The summed E-state index contributed by atoms with van der Waals surface area (Å²) in [6, 6.07) is 17.8. The molecule has 32 heavy (non-hydrogen) atoms. The highest BCUT2D eigenvalue weighted by Gasteiger charge is 2.08. The maximum Gasteiger partial charge on any atom is 0.291 e. The number of fused-ring (bicyclic) bond motifs is 1. The maximum absolute atomic E-state index is 12.7. The zero-order valence-electron chi connectivity index (χ0n) is 18.2. The van der Waals surface area contributed by atoms with Crippen molar-refractivity contribution >= 4 is 34.5 Å². The predicted octanol–water partition coefficient (Wildman–Crippen LogP) is 5.22. The van der Waals surface area contributed by atoms with Crippen LogP contribution < -0.4 is 14.8 Å². The molecule has 164 valence electrons. The van der Waals surface area contributed by atoms with Gasteiger partial charge in [-0.3, -0.25) is 4.79 Å². The van der Waals surface area contributed by atoms with Gasteiger partial charge in [0.05, 0.1) is 11.1 Å². The Morgan fingerprint density at radius 3 is 2.47 bits per heavy atom. The number of rotatable bonds is 10. The number of thiazole rings is 1. The van der Waals surface area contributed by atoms with Gasteiger partial charge in [0.2, 0.25) is 4.96 Å². The summed E-state index contributed by atoms with van der Waals surface area (Å²) in [5.41, 5.74) is 1.86. The lowest BCUT2D eigenvalue weighted by Crippen LogP contribution is -2.23. The van der Waals surface area contributed by atoms with E-state index in [1.165, 1.54) is 41.5 Å². The summed E-state index contributed by atoms with van der Waals surface area (Å²) < 4.78 is 7.80. The molecule has 0 spiro atoms. The minimum absolute atomic E-state index is 0.149. The van der Waals surface area contributed by atoms with Crippen LogP contribution in [0.25, 0.3) is 23.2 Å². The third kappa shape index (κ3) is 5.71. The molecule has 0 unspecified atom stereocenters. The first-order valence-electron chi connectivity index (χ1n) is 11.1. The first-order valence-corrected chi connectivity index (χ1v) is 11.9. The molecule has 2 aromatic carbocycles. The molecule has 6 heteroatoms. The van der Waals surface area contributed by atoms with E-state index in [9.17, 15) is 4.79 Å². The van der Waals surface area contributed by atoms with Crippen LogP contribution >= 0.6 is 11.3 Å². The van der Waals surface area contributed by atoms with Gasteiger partial charge in [0.1, 0.15) is 5.75 Å². The molecule has 0 N–H and O–H groups in total. The molecule has 0 atom stereocenters. The van der Waals surface area contributed by atoms with Crippen LogP contribution in [0, 0.1) is 0 Å². The van der Waals surface area contributed by atoms with Crippen LogP contribution in [-0.4, -0.2) is 21.2 Å².